The smallest absolute Gasteiger partial charge is 0.0192 e. The van der Waals surface area contributed by atoms with Crippen LogP contribution in [-0.2, 0) is 0 Å². The van der Waals surface area contributed by atoms with Gasteiger partial charge in [0, 0.05) is 30.4 Å². The lowest BCUT2D eigenvalue weighted by Gasteiger charge is -2.31. The Morgan fingerprint density at radius 2 is 1.88 bits per heavy atom. The molecule has 0 aromatic carbocycles. The number of likely N-dealkylation sites (N-methyl/N-ethyl adjacent to an activating group) is 1. The summed E-state index contributed by atoms with van der Waals surface area (Å²) in [6, 6.07) is 2.12. The molecule has 1 fully saturated rings. The molecule has 0 spiro atoms. The van der Waals surface area contributed by atoms with Gasteiger partial charge in [-0.25, -0.2) is 0 Å². The molecule has 16 heavy (non-hydrogen) atoms. The predicted octanol–water partition coefficient (Wildman–Crippen LogP) is 2.59. The van der Waals surface area contributed by atoms with Gasteiger partial charge < -0.3 is 5.32 Å². The average Bonchev–Trinajstić information content (AvgIpc) is 2.78. The molecule has 2 nitrogen and oxygen atoms in total. The zero-order valence-corrected chi connectivity index (χ0v) is 12.1. The Balaban J connectivity index is 2.19. The van der Waals surface area contributed by atoms with Crippen LogP contribution in [0.5, 0.6) is 0 Å². The van der Waals surface area contributed by atoms with Crippen LogP contribution in [-0.4, -0.2) is 48.6 Å². The third kappa shape index (κ3) is 4.64. The quantitative estimate of drug-likeness (QED) is 0.741. The second-order valence-electron chi connectivity index (χ2n) is 5.21. The fourth-order valence-corrected chi connectivity index (χ4v) is 3.12. The van der Waals surface area contributed by atoms with Gasteiger partial charge in [0.2, 0.25) is 0 Å². The first kappa shape index (κ1) is 14.3. The first-order chi connectivity index (χ1) is 7.65. The minimum absolute atomic E-state index is 0.641. The van der Waals surface area contributed by atoms with Crippen molar-refractivity contribution in [2.75, 3.05) is 25.6 Å². The first-order valence-electron chi connectivity index (χ1n) is 6.59. The second kappa shape index (κ2) is 7.57. The Bertz CT molecular complexity index is 181. The van der Waals surface area contributed by atoms with Gasteiger partial charge in [-0.15, -0.1) is 0 Å². The van der Waals surface area contributed by atoms with Crippen LogP contribution in [0.4, 0.5) is 0 Å². The maximum Gasteiger partial charge on any atom is 0.0192 e. The minimum atomic E-state index is 0.641. The van der Waals surface area contributed by atoms with Crippen molar-refractivity contribution < 1.29 is 0 Å². The molecule has 0 aromatic rings. The van der Waals surface area contributed by atoms with Gasteiger partial charge in [0.15, 0.2) is 0 Å². The SMILES string of the molecule is CSCC(C)N(C)C(C)CNC1CCCC1. The van der Waals surface area contributed by atoms with E-state index in [1.54, 1.807) is 0 Å². The molecule has 0 saturated heterocycles. The van der Waals surface area contributed by atoms with Crippen LogP contribution >= 0.6 is 11.8 Å². The number of nitrogens with one attached hydrogen (secondary N) is 1. The summed E-state index contributed by atoms with van der Waals surface area (Å²) in [7, 11) is 2.25. The van der Waals surface area contributed by atoms with Gasteiger partial charge in [-0.2, -0.15) is 11.8 Å². The molecule has 2 unspecified atom stereocenters. The third-order valence-electron chi connectivity index (χ3n) is 3.86. The van der Waals surface area contributed by atoms with Gasteiger partial charge >= 0.3 is 0 Å². The monoisotopic (exact) mass is 244 g/mol. The molecule has 1 saturated carbocycles. The van der Waals surface area contributed by atoms with Crippen LogP contribution in [0.1, 0.15) is 39.5 Å². The molecule has 0 aromatic heterocycles. The van der Waals surface area contributed by atoms with E-state index in [1.807, 2.05) is 11.8 Å². The van der Waals surface area contributed by atoms with Crippen molar-refractivity contribution in [1.82, 2.24) is 10.2 Å². The van der Waals surface area contributed by atoms with E-state index in [9.17, 15) is 0 Å². The average molecular weight is 244 g/mol. The van der Waals surface area contributed by atoms with Crippen molar-refractivity contribution in [3.63, 3.8) is 0 Å². The Hall–Kier alpha value is 0.270. The molecule has 0 heterocycles. The Morgan fingerprint density at radius 3 is 2.44 bits per heavy atom. The highest BCUT2D eigenvalue weighted by molar-refractivity contribution is 7.98. The van der Waals surface area contributed by atoms with E-state index in [0.29, 0.717) is 12.1 Å². The van der Waals surface area contributed by atoms with Gasteiger partial charge in [0.1, 0.15) is 0 Å². The number of thioether (sulfide) groups is 1. The minimum Gasteiger partial charge on any atom is -0.312 e. The topological polar surface area (TPSA) is 15.3 Å². The number of nitrogens with zero attached hydrogens (tertiary/aromatic N) is 1. The summed E-state index contributed by atoms with van der Waals surface area (Å²) >= 11 is 1.94. The molecular weight excluding hydrogens is 216 g/mol. The standard InChI is InChI=1S/C13H28N2S/c1-11(15(3)12(2)10-16-4)9-14-13-7-5-6-8-13/h11-14H,5-10H2,1-4H3. The van der Waals surface area contributed by atoms with Crippen LogP contribution in [0.3, 0.4) is 0 Å². The summed E-state index contributed by atoms with van der Waals surface area (Å²) in [5.74, 6) is 1.23. The molecule has 1 rings (SSSR count). The largest absolute Gasteiger partial charge is 0.312 e. The molecule has 0 aliphatic heterocycles. The van der Waals surface area contributed by atoms with E-state index in [1.165, 1.54) is 31.4 Å². The van der Waals surface area contributed by atoms with Crippen molar-refractivity contribution in [2.24, 2.45) is 0 Å². The predicted molar refractivity (Wildman–Crippen MR) is 75.3 cm³/mol. The van der Waals surface area contributed by atoms with E-state index >= 15 is 0 Å². The van der Waals surface area contributed by atoms with Crippen LogP contribution in [0.2, 0.25) is 0 Å². The molecular formula is C13H28N2S. The van der Waals surface area contributed by atoms with Gasteiger partial charge in [-0.1, -0.05) is 12.8 Å². The van der Waals surface area contributed by atoms with E-state index < -0.39 is 0 Å². The Morgan fingerprint density at radius 1 is 1.25 bits per heavy atom. The summed E-state index contributed by atoms with van der Waals surface area (Å²) < 4.78 is 0. The van der Waals surface area contributed by atoms with Gasteiger partial charge in [0.25, 0.3) is 0 Å². The lowest BCUT2D eigenvalue weighted by atomic mass is 10.2. The zero-order chi connectivity index (χ0) is 12.0. The van der Waals surface area contributed by atoms with Crippen LogP contribution in [0.25, 0.3) is 0 Å². The first-order valence-corrected chi connectivity index (χ1v) is 7.98. The number of hydrogen-bond donors (Lipinski definition) is 1. The zero-order valence-electron chi connectivity index (χ0n) is 11.3. The summed E-state index contributed by atoms with van der Waals surface area (Å²) in [4.78, 5) is 2.50. The number of hydrogen-bond acceptors (Lipinski definition) is 3. The summed E-state index contributed by atoms with van der Waals surface area (Å²) in [5.41, 5.74) is 0. The van der Waals surface area contributed by atoms with Crippen LogP contribution in [0.15, 0.2) is 0 Å². The van der Waals surface area contributed by atoms with Crippen molar-refractivity contribution in [2.45, 2.75) is 57.7 Å². The summed E-state index contributed by atoms with van der Waals surface area (Å²) in [5, 5.41) is 3.71. The molecule has 0 radical (unpaired) electrons. The highest BCUT2D eigenvalue weighted by Crippen LogP contribution is 2.17. The Labute approximate surface area is 106 Å². The van der Waals surface area contributed by atoms with E-state index in [4.69, 9.17) is 0 Å². The van der Waals surface area contributed by atoms with E-state index in [-0.39, 0.29) is 0 Å². The van der Waals surface area contributed by atoms with Gasteiger partial charge in [-0.05, 0) is 40.0 Å². The van der Waals surface area contributed by atoms with Gasteiger partial charge in [0.05, 0.1) is 0 Å². The van der Waals surface area contributed by atoms with E-state index in [0.717, 1.165) is 12.6 Å². The van der Waals surface area contributed by atoms with Crippen molar-refractivity contribution in [3.8, 4) is 0 Å². The third-order valence-corrected chi connectivity index (χ3v) is 4.67. The summed E-state index contributed by atoms with van der Waals surface area (Å²) in [6.07, 6.45) is 7.80. The van der Waals surface area contributed by atoms with Gasteiger partial charge in [-0.3, -0.25) is 4.90 Å². The lowest BCUT2D eigenvalue weighted by molar-refractivity contribution is 0.203. The van der Waals surface area contributed by atoms with Crippen LogP contribution in [0, 0.1) is 0 Å². The fraction of sp³-hybridized carbons (Fsp3) is 1.00. The molecule has 0 amide bonds. The fourth-order valence-electron chi connectivity index (χ4n) is 2.40. The maximum absolute atomic E-state index is 3.71. The van der Waals surface area contributed by atoms with Crippen LogP contribution < -0.4 is 5.32 Å². The molecule has 3 heteroatoms. The molecule has 0 bridgehead atoms. The molecule has 1 aliphatic rings. The molecule has 2 atom stereocenters. The highest BCUT2D eigenvalue weighted by atomic mass is 32.2. The maximum atomic E-state index is 3.71. The van der Waals surface area contributed by atoms with Crippen molar-refractivity contribution >= 4 is 11.8 Å². The molecule has 96 valence electrons. The lowest BCUT2D eigenvalue weighted by Crippen LogP contribution is -2.45. The summed E-state index contributed by atoms with van der Waals surface area (Å²) in [6.45, 7) is 5.79. The Kier molecular flexibility index (Phi) is 6.78. The second-order valence-corrected chi connectivity index (χ2v) is 6.12. The van der Waals surface area contributed by atoms with Crippen molar-refractivity contribution in [3.05, 3.63) is 0 Å². The van der Waals surface area contributed by atoms with Crippen molar-refractivity contribution in [1.29, 1.82) is 0 Å². The van der Waals surface area contributed by atoms with E-state index in [2.05, 4.69) is 37.4 Å². The molecule has 1 aliphatic carbocycles. The normalized spacial score (nSPS) is 21.6. The highest BCUT2D eigenvalue weighted by Gasteiger charge is 2.18. The number of rotatable bonds is 7. The molecule has 1 N–H and O–H groups in total.